The van der Waals surface area contributed by atoms with Crippen molar-refractivity contribution in [1.29, 1.82) is 0 Å². The van der Waals surface area contributed by atoms with E-state index in [-0.39, 0.29) is 0 Å². The Kier molecular flexibility index (Phi) is 7.02. The van der Waals surface area contributed by atoms with Gasteiger partial charge in [-0.05, 0) is 0 Å². The summed E-state index contributed by atoms with van der Waals surface area (Å²) in [4.78, 5) is 10.0. The predicted octanol–water partition coefficient (Wildman–Crippen LogP) is 10.7. The van der Waals surface area contributed by atoms with Gasteiger partial charge in [0.2, 0.25) is 0 Å². The first kappa shape index (κ1) is 35.7. The zero-order valence-corrected chi connectivity index (χ0v) is 40.2. The molecule has 0 saturated carbocycles. The fraction of sp³-hybridized carbons (Fsp3) is 0. The van der Waals surface area contributed by atoms with E-state index in [4.69, 9.17) is 9.47 Å². The molecule has 0 amide bonds. The van der Waals surface area contributed by atoms with Crippen molar-refractivity contribution in [2.45, 2.75) is 0 Å². The molecule has 0 aliphatic carbocycles. The number of ether oxygens (including phenoxy) is 2. The molecule has 16 rings (SSSR count). The molecule has 6 aliphatic heterocycles. The first-order valence-electron chi connectivity index (χ1n) is 22.8. The second kappa shape index (κ2) is 13.0. The van der Waals surface area contributed by atoms with E-state index >= 15 is 0 Å². The van der Waals surface area contributed by atoms with Crippen LogP contribution in [0.15, 0.2) is 206 Å². The summed E-state index contributed by atoms with van der Waals surface area (Å²) in [6.45, 7) is 0. The van der Waals surface area contributed by atoms with Crippen LogP contribution in [0.5, 0.6) is 23.0 Å². The summed E-state index contributed by atoms with van der Waals surface area (Å²) in [7, 11) is 0. The van der Waals surface area contributed by atoms with Gasteiger partial charge in [0, 0.05) is 0 Å². The Morgan fingerprint density at radius 1 is 0.288 bits per heavy atom. The second-order valence-electron chi connectivity index (χ2n) is 17.9. The Bertz CT molecular complexity index is 3760. The Balaban J connectivity index is 1.05. The topological polar surface area (TPSA) is 31.4 Å². The SMILES string of the molecule is c1ccc(N2c3cccc4[c]3[GeH]3[c]5c2cccc5N(c2ccccc2)c2cc5cc6[c]7c(c5c([c]23)O4)N(c2ccccc2)c2cccc3[c]2[GeH]7[c]2c(cccc2N3c2ccccc2)O6)cc1. The van der Waals surface area contributed by atoms with Gasteiger partial charge in [0.25, 0.3) is 0 Å². The molecule has 6 nitrogen and oxygen atoms in total. The van der Waals surface area contributed by atoms with Crippen molar-refractivity contribution >= 4 is 134 Å². The molecule has 308 valence electrons. The van der Waals surface area contributed by atoms with Crippen LogP contribution in [0.1, 0.15) is 0 Å². The summed E-state index contributed by atoms with van der Waals surface area (Å²) < 4.78 is 23.5. The number of hydrogen-bond acceptors (Lipinski definition) is 6. The number of hydrogen-bond donors (Lipinski definition) is 0. The molecule has 0 N–H and O–H groups in total. The summed E-state index contributed by atoms with van der Waals surface area (Å²) >= 11 is -5.93. The molecule has 0 saturated heterocycles. The van der Waals surface area contributed by atoms with Crippen molar-refractivity contribution in [3.8, 4) is 23.0 Å². The van der Waals surface area contributed by atoms with Crippen LogP contribution in [0.25, 0.3) is 10.8 Å². The average molecular weight is 966 g/mol. The average Bonchev–Trinajstić information content (AvgIpc) is 3.37. The maximum absolute atomic E-state index is 7.71. The third-order valence-corrected chi connectivity index (χ3v) is 29.2. The van der Waals surface area contributed by atoms with E-state index in [1.165, 1.54) is 77.3 Å². The molecule has 0 bridgehead atoms. The van der Waals surface area contributed by atoms with E-state index < -0.39 is 28.7 Å². The Morgan fingerprint density at radius 3 is 1.18 bits per heavy atom. The van der Waals surface area contributed by atoms with E-state index in [1.807, 2.05) is 0 Å². The van der Waals surface area contributed by atoms with Gasteiger partial charge >= 0.3 is 392 Å². The van der Waals surface area contributed by atoms with Crippen molar-refractivity contribution < 1.29 is 9.47 Å². The number of fused-ring (bicyclic) bond motifs is 3. The van der Waals surface area contributed by atoms with Gasteiger partial charge in [-0.2, -0.15) is 0 Å². The molecule has 6 heterocycles. The zero-order valence-electron chi connectivity index (χ0n) is 35.4. The van der Waals surface area contributed by atoms with E-state index in [9.17, 15) is 0 Å². The third-order valence-electron chi connectivity index (χ3n) is 14.7. The van der Waals surface area contributed by atoms with Gasteiger partial charge in [0.05, 0.1) is 0 Å². The van der Waals surface area contributed by atoms with Crippen LogP contribution in [-0.4, -0.2) is 28.7 Å². The first-order valence-corrected chi connectivity index (χ1v) is 30.0. The molecule has 66 heavy (non-hydrogen) atoms. The Labute approximate surface area is 390 Å². The molecule has 8 heteroatoms. The zero-order chi connectivity index (χ0) is 42.8. The molecule has 10 aromatic rings. The summed E-state index contributed by atoms with van der Waals surface area (Å²) in [5.74, 6) is 3.94. The fourth-order valence-corrected chi connectivity index (χ4v) is 28.5. The standard InChI is InChI=1S/C58H36Ge2N4O2/c1-5-17-36(18-6-1)61-40-25-13-27-42-51(40)59-54-45(61)30-16-32-48(54)66-58-50-35(33-46(55(58)59)63(42)38-21-9-3-10-22-38)34-49-56-57(50)64(39-23-11-4-12-24-39)43-28-14-26-41-52(43)60(56)53-44(29-15-31-47(53)65-49)62(41)37-19-7-2-8-20-37/h1-34,59-60H. The van der Waals surface area contributed by atoms with Crippen LogP contribution < -0.4 is 55.4 Å². The van der Waals surface area contributed by atoms with Crippen molar-refractivity contribution in [2.75, 3.05) is 19.6 Å². The number of benzene rings is 10. The summed E-state index contributed by atoms with van der Waals surface area (Å²) in [6.07, 6.45) is 0. The minimum atomic E-state index is -2.97. The normalized spacial score (nSPS) is 16.6. The fourth-order valence-electron chi connectivity index (χ4n) is 12.4. The predicted molar refractivity (Wildman–Crippen MR) is 275 cm³/mol. The molecular formula is C58H36Ge2N4O2. The van der Waals surface area contributed by atoms with Gasteiger partial charge in [-0.3, -0.25) is 0 Å². The monoisotopic (exact) mass is 968 g/mol. The first-order chi connectivity index (χ1) is 32.8. The summed E-state index contributed by atoms with van der Waals surface area (Å²) in [5.41, 5.74) is 14.5. The van der Waals surface area contributed by atoms with Crippen LogP contribution in [0.3, 0.4) is 0 Å². The summed E-state index contributed by atoms with van der Waals surface area (Å²) in [6, 6.07) is 75.8. The van der Waals surface area contributed by atoms with Gasteiger partial charge < -0.3 is 0 Å². The third kappa shape index (κ3) is 4.48. The van der Waals surface area contributed by atoms with Crippen molar-refractivity contribution in [3.05, 3.63) is 206 Å². The molecule has 2 unspecified atom stereocenters. The number of rotatable bonds is 4. The van der Waals surface area contributed by atoms with E-state index in [2.05, 4.69) is 226 Å². The molecule has 10 aromatic carbocycles. The molecule has 0 aromatic heterocycles. The Hall–Kier alpha value is -7.65. The van der Waals surface area contributed by atoms with Gasteiger partial charge in [0.1, 0.15) is 0 Å². The van der Waals surface area contributed by atoms with Crippen LogP contribution in [0.2, 0.25) is 0 Å². The number of anilines is 12. The van der Waals surface area contributed by atoms with Gasteiger partial charge in [0.15, 0.2) is 0 Å². The van der Waals surface area contributed by atoms with Crippen LogP contribution in [0, 0.1) is 0 Å². The van der Waals surface area contributed by atoms with Crippen molar-refractivity contribution in [2.24, 2.45) is 0 Å². The van der Waals surface area contributed by atoms with E-state index in [0.717, 1.165) is 51.1 Å². The molecule has 0 radical (unpaired) electrons. The number of para-hydroxylation sites is 4. The van der Waals surface area contributed by atoms with Crippen molar-refractivity contribution in [3.63, 3.8) is 0 Å². The minimum absolute atomic E-state index is 0.967. The quantitative estimate of drug-likeness (QED) is 0.163. The van der Waals surface area contributed by atoms with Gasteiger partial charge in [-0.15, -0.1) is 0 Å². The van der Waals surface area contributed by atoms with Crippen LogP contribution >= 0.6 is 0 Å². The summed E-state index contributed by atoms with van der Waals surface area (Å²) in [5, 5.41) is 2.29. The molecular weight excluding hydrogens is 930 g/mol. The molecule has 2 atom stereocenters. The van der Waals surface area contributed by atoms with Gasteiger partial charge in [-0.25, -0.2) is 0 Å². The second-order valence-corrected chi connectivity index (χ2v) is 28.8. The van der Waals surface area contributed by atoms with Gasteiger partial charge in [-0.1, -0.05) is 0 Å². The van der Waals surface area contributed by atoms with E-state index in [1.54, 1.807) is 0 Å². The molecule has 6 aliphatic rings. The molecule has 0 fully saturated rings. The van der Waals surface area contributed by atoms with Crippen LogP contribution in [0.4, 0.5) is 68.2 Å². The Morgan fingerprint density at radius 2 is 0.682 bits per heavy atom. The number of nitrogens with zero attached hydrogens (tertiary/aromatic N) is 4. The van der Waals surface area contributed by atoms with Crippen molar-refractivity contribution in [1.82, 2.24) is 0 Å². The maximum atomic E-state index is 7.71. The van der Waals surface area contributed by atoms with Crippen LogP contribution in [-0.2, 0) is 0 Å². The van der Waals surface area contributed by atoms with E-state index in [0.29, 0.717) is 0 Å². The molecule has 0 spiro atoms.